The van der Waals surface area contributed by atoms with Crippen LogP contribution in [-0.4, -0.2) is 46.8 Å². The molecule has 1 amide bonds. The van der Waals surface area contributed by atoms with E-state index in [1.165, 1.54) is 0 Å². The number of aliphatic hydroxyl groups excluding tert-OH is 1. The Morgan fingerprint density at radius 2 is 2.06 bits per heavy atom. The van der Waals surface area contributed by atoms with Crippen LogP contribution in [0.15, 0.2) is 18.3 Å². The fraction of sp³-hybridized carbons (Fsp3) is 0.400. The number of aliphatic hydroxyl groups is 1. The number of rotatable bonds is 4. The third-order valence-electron chi connectivity index (χ3n) is 2.00. The van der Waals surface area contributed by atoms with Crippen LogP contribution in [0, 0.1) is 5.95 Å². The Hall–Kier alpha value is -1.70. The van der Waals surface area contributed by atoms with Gasteiger partial charge in [0.15, 0.2) is 0 Å². The highest BCUT2D eigenvalue weighted by molar-refractivity contribution is 5.93. The summed E-state index contributed by atoms with van der Waals surface area (Å²) in [6.45, 7) is -2.55. The minimum Gasteiger partial charge on any atom is -0.395 e. The van der Waals surface area contributed by atoms with E-state index in [9.17, 15) is 22.4 Å². The molecule has 0 spiro atoms. The number of pyridine rings is 1. The summed E-state index contributed by atoms with van der Waals surface area (Å²) in [5.41, 5.74) is -0.172. The number of nitrogens with zero attached hydrogens (tertiary/aromatic N) is 2. The number of hydrogen-bond acceptors (Lipinski definition) is 3. The van der Waals surface area contributed by atoms with Gasteiger partial charge in [0.2, 0.25) is 5.95 Å². The minimum atomic E-state index is -4.57. The standard InChI is InChI=1S/C10H10F4N2O2/c11-8-2-1-7(5-15-8)9(18)16(3-4-17)6-10(12,13)14/h1-2,5,17H,3-4,6H2. The molecule has 1 rings (SSSR count). The van der Waals surface area contributed by atoms with Crippen molar-refractivity contribution in [1.82, 2.24) is 9.88 Å². The first-order chi connectivity index (χ1) is 8.33. The Balaban J connectivity index is 2.85. The van der Waals surface area contributed by atoms with E-state index in [2.05, 4.69) is 4.98 Å². The van der Waals surface area contributed by atoms with Crippen LogP contribution in [0.25, 0.3) is 0 Å². The molecule has 100 valence electrons. The molecule has 1 aromatic rings. The molecule has 0 aliphatic heterocycles. The van der Waals surface area contributed by atoms with Gasteiger partial charge < -0.3 is 10.0 Å². The van der Waals surface area contributed by atoms with Crippen LogP contribution in [0.1, 0.15) is 10.4 Å². The van der Waals surface area contributed by atoms with E-state index in [4.69, 9.17) is 5.11 Å². The van der Waals surface area contributed by atoms with Gasteiger partial charge in [0.05, 0.1) is 12.2 Å². The molecule has 0 radical (unpaired) electrons. The van der Waals surface area contributed by atoms with Gasteiger partial charge >= 0.3 is 6.18 Å². The highest BCUT2D eigenvalue weighted by Gasteiger charge is 2.33. The number of halogens is 4. The Labute approximate surface area is 99.9 Å². The number of carbonyl (C=O) groups excluding carboxylic acids is 1. The summed E-state index contributed by atoms with van der Waals surface area (Å²) in [5.74, 6) is -1.80. The van der Waals surface area contributed by atoms with Gasteiger partial charge in [0.1, 0.15) is 6.54 Å². The summed E-state index contributed by atoms with van der Waals surface area (Å²) in [4.78, 5) is 15.3. The zero-order valence-electron chi connectivity index (χ0n) is 9.12. The molecule has 0 saturated carbocycles. The number of amides is 1. The van der Waals surface area contributed by atoms with Crippen molar-refractivity contribution in [2.75, 3.05) is 19.7 Å². The highest BCUT2D eigenvalue weighted by atomic mass is 19.4. The lowest BCUT2D eigenvalue weighted by Crippen LogP contribution is -2.40. The SMILES string of the molecule is O=C(c1ccc(F)nc1)N(CCO)CC(F)(F)F. The van der Waals surface area contributed by atoms with Crippen molar-refractivity contribution < 1.29 is 27.5 Å². The zero-order valence-corrected chi connectivity index (χ0v) is 9.12. The van der Waals surface area contributed by atoms with Gasteiger partial charge in [-0.15, -0.1) is 0 Å². The molecule has 8 heteroatoms. The molecule has 1 heterocycles. The van der Waals surface area contributed by atoms with Crippen molar-refractivity contribution in [3.63, 3.8) is 0 Å². The monoisotopic (exact) mass is 266 g/mol. The first-order valence-corrected chi connectivity index (χ1v) is 4.92. The highest BCUT2D eigenvalue weighted by Crippen LogP contribution is 2.17. The second-order valence-corrected chi connectivity index (χ2v) is 3.44. The average molecular weight is 266 g/mol. The zero-order chi connectivity index (χ0) is 13.8. The summed E-state index contributed by atoms with van der Waals surface area (Å²) >= 11 is 0. The normalized spacial score (nSPS) is 11.4. The molecule has 0 unspecified atom stereocenters. The molecule has 0 atom stereocenters. The number of carbonyl (C=O) groups is 1. The molecular weight excluding hydrogens is 256 g/mol. The average Bonchev–Trinajstić information content (AvgIpc) is 2.27. The van der Waals surface area contributed by atoms with E-state index in [1.807, 2.05) is 0 Å². The lowest BCUT2D eigenvalue weighted by Gasteiger charge is -2.22. The van der Waals surface area contributed by atoms with Crippen LogP contribution in [0.3, 0.4) is 0 Å². The summed E-state index contributed by atoms with van der Waals surface area (Å²) in [5, 5.41) is 8.64. The maximum atomic E-state index is 12.5. The van der Waals surface area contributed by atoms with Gasteiger partial charge in [-0.2, -0.15) is 17.6 Å². The quantitative estimate of drug-likeness (QED) is 0.658. The van der Waals surface area contributed by atoms with Crippen molar-refractivity contribution in [3.8, 4) is 0 Å². The molecule has 1 aromatic heterocycles. The van der Waals surface area contributed by atoms with Crippen LogP contribution < -0.4 is 0 Å². The molecule has 0 fully saturated rings. The molecule has 18 heavy (non-hydrogen) atoms. The van der Waals surface area contributed by atoms with Gasteiger partial charge in [-0.25, -0.2) is 4.98 Å². The van der Waals surface area contributed by atoms with Crippen LogP contribution in [-0.2, 0) is 0 Å². The lowest BCUT2D eigenvalue weighted by atomic mass is 10.2. The van der Waals surface area contributed by atoms with E-state index < -0.39 is 37.7 Å². The first kappa shape index (κ1) is 14.4. The van der Waals surface area contributed by atoms with Crippen LogP contribution in [0.2, 0.25) is 0 Å². The van der Waals surface area contributed by atoms with Crippen molar-refractivity contribution in [2.45, 2.75) is 6.18 Å². The van der Waals surface area contributed by atoms with Crippen molar-refractivity contribution in [1.29, 1.82) is 0 Å². The molecule has 4 nitrogen and oxygen atoms in total. The fourth-order valence-corrected chi connectivity index (χ4v) is 1.27. The van der Waals surface area contributed by atoms with E-state index in [0.29, 0.717) is 4.90 Å². The molecule has 0 aliphatic rings. The minimum absolute atomic E-state index is 0.172. The third-order valence-corrected chi connectivity index (χ3v) is 2.00. The predicted octanol–water partition coefficient (Wildman–Crippen LogP) is 1.22. The summed E-state index contributed by atoms with van der Waals surface area (Å²) in [6.07, 6.45) is -3.73. The van der Waals surface area contributed by atoms with Gasteiger partial charge in [-0.1, -0.05) is 0 Å². The maximum Gasteiger partial charge on any atom is 0.406 e. The number of alkyl halides is 3. The van der Waals surface area contributed by atoms with Crippen LogP contribution >= 0.6 is 0 Å². The molecule has 0 saturated heterocycles. The van der Waals surface area contributed by atoms with E-state index in [-0.39, 0.29) is 5.56 Å². The Morgan fingerprint density at radius 3 is 2.50 bits per heavy atom. The van der Waals surface area contributed by atoms with E-state index >= 15 is 0 Å². The smallest absolute Gasteiger partial charge is 0.395 e. The fourth-order valence-electron chi connectivity index (χ4n) is 1.27. The molecular formula is C10H10F4N2O2. The van der Waals surface area contributed by atoms with Crippen molar-refractivity contribution in [2.24, 2.45) is 0 Å². The molecule has 0 aromatic carbocycles. The van der Waals surface area contributed by atoms with Gasteiger partial charge in [0, 0.05) is 12.7 Å². The van der Waals surface area contributed by atoms with Gasteiger partial charge in [-0.3, -0.25) is 4.79 Å². The third kappa shape index (κ3) is 4.28. The second kappa shape index (κ2) is 5.76. The Bertz CT molecular complexity index is 405. The molecule has 0 aliphatic carbocycles. The summed E-state index contributed by atoms with van der Waals surface area (Å²) in [6, 6.07) is 1.91. The predicted molar refractivity (Wildman–Crippen MR) is 53.2 cm³/mol. The summed E-state index contributed by atoms with van der Waals surface area (Å²) in [7, 11) is 0. The van der Waals surface area contributed by atoms with E-state index in [1.54, 1.807) is 0 Å². The molecule has 1 N–H and O–H groups in total. The first-order valence-electron chi connectivity index (χ1n) is 4.92. The van der Waals surface area contributed by atoms with E-state index in [0.717, 1.165) is 18.3 Å². The van der Waals surface area contributed by atoms with Crippen molar-refractivity contribution >= 4 is 5.91 Å². The van der Waals surface area contributed by atoms with Gasteiger partial charge in [0.25, 0.3) is 5.91 Å². The Morgan fingerprint density at radius 1 is 1.39 bits per heavy atom. The molecule has 0 bridgehead atoms. The van der Waals surface area contributed by atoms with Crippen molar-refractivity contribution in [3.05, 3.63) is 29.8 Å². The topological polar surface area (TPSA) is 53.4 Å². The second-order valence-electron chi connectivity index (χ2n) is 3.44. The lowest BCUT2D eigenvalue weighted by molar-refractivity contribution is -0.141. The van der Waals surface area contributed by atoms with Gasteiger partial charge in [-0.05, 0) is 12.1 Å². The number of hydrogen-bond donors (Lipinski definition) is 1. The number of aromatic nitrogens is 1. The van der Waals surface area contributed by atoms with Crippen LogP contribution in [0.4, 0.5) is 17.6 Å². The summed E-state index contributed by atoms with van der Waals surface area (Å²) < 4.78 is 49.2. The Kier molecular flexibility index (Phi) is 4.60. The van der Waals surface area contributed by atoms with Crippen LogP contribution in [0.5, 0.6) is 0 Å². The largest absolute Gasteiger partial charge is 0.406 e. The maximum absolute atomic E-state index is 12.5.